The molecular weight excluding hydrogens is 434 g/mol. The average Bonchev–Trinajstić information content (AvgIpc) is 2.77. The van der Waals surface area contributed by atoms with E-state index in [0.29, 0.717) is 12.4 Å². The summed E-state index contributed by atoms with van der Waals surface area (Å²) in [5.41, 5.74) is 1.89. The molecule has 164 valence electrons. The molecule has 0 spiro atoms. The first kappa shape index (κ1) is 23.0. The van der Waals surface area contributed by atoms with Crippen LogP contribution in [-0.2, 0) is 33.0 Å². The standard InChI is InChI=1S/C23H25NO5S2/c1-3-24(31(27,28)23-15-13-22(14-16-23)30(2,25)26)17-19-9-11-21(12-10-19)29-18-20-7-5-4-6-8-20/h4-16H,3,17-18H2,1-2H3. The zero-order valence-electron chi connectivity index (χ0n) is 17.4. The van der Waals surface area contributed by atoms with Crippen LogP contribution in [0.2, 0.25) is 0 Å². The maximum Gasteiger partial charge on any atom is 0.243 e. The number of nitrogens with zero attached hydrogens (tertiary/aromatic N) is 1. The van der Waals surface area contributed by atoms with Gasteiger partial charge in [-0.15, -0.1) is 0 Å². The van der Waals surface area contributed by atoms with E-state index in [2.05, 4.69) is 0 Å². The minimum Gasteiger partial charge on any atom is -0.489 e. The SMILES string of the molecule is CCN(Cc1ccc(OCc2ccccc2)cc1)S(=O)(=O)c1ccc(S(C)(=O)=O)cc1. The van der Waals surface area contributed by atoms with E-state index in [1.165, 1.54) is 28.6 Å². The van der Waals surface area contributed by atoms with Gasteiger partial charge in [0, 0.05) is 19.3 Å². The molecule has 0 fully saturated rings. The fourth-order valence-corrected chi connectivity index (χ4v) is 5.08. The smallest absolute Gasteiger partial charge is 0.243 e. The van der Waals surface area contributed by atoms with Gasteiger partial charge in [-0.25, -0.2) is 16.8 Å². The summed E-state index contributed by atoms with van der Waals surface area (Å²) in [6.45, 7) is 2.70. The van der Waals surface area contributed by atoms with E-state index in [9.17, 15) is 16.8 Å². The molecule has 0 aliphatic rings. The lowest BCUT2D eigenvalue weighted by Gasteiger charge is -2.21. The molecule has 0 N–H and O–H groups in total. The van der Waals surface area contributed by atoms with Crippen molar-refractivity contribution in [3.63, 3.8) is 0 Å². The summed E-state index contributed by atoms with van der Waals surface area (Å²) in [6.07, 6.45) is 1.09. The Balaban J connectivity index is 1.69. The second kappa shape index (κ2) is 9.64. The molecule has 0 aliphatic heterocycles. The Bertz CT molecular complexity index is 1210. The number of hydrogen-bond acceptors (Lipinski definition) is 5. The molecule has 3 rings (SSSR count). The fraction of sp³-hybridized carbons (Fsp3) is 0.217. The van der Waals surface area contributed by atoms with E-state index in [1.807, 2.05) is 54.6 Å². The van der Waals surface area contributed by atoms with Crippen molar-refractivity contribution in [3.8, 4) is 5.75 Å². The average molecular weight is 460 g/mol. The molecule has 0 unspecified atom stereocenters. The zero-order valence-corrected chi connectivity index (χ0v) is 19.1. The fourth-order valence-electron chi connectivity index (χ4n) is 3.01. The highest BCUT2D eigenvalue weighted by Crippen LogP contribution is 2.22. The van der Waals surface area contributed by atoms with Crippen LogP contribution in [0.1, 0.15) is 18.1 Å². The highest BCUT2D eigenvalue weighted by atomic mass is 32.2. The predicted octanol–water partition coefficient (Wildman–Crippen LogP) is 3.88. The predicted molar refractivity (Wildman–Crippen MR) is 120 cm³/mol. The van der Waals surface area contributed by atoms with E-state index in [1.54, 1.807) is 6.92 Å². The highest BCUT2D eigenvalue weighted by Gasteiger charge is 2.23. The Kier molecular flexibility index (Phi) is 7.15. The second-order valence-corrected chi connectivity index (χ2v) is 11.0. The summed E-state index contributed by atoms with van der Waals surface area (Å²) >= 11 is 0. The van der Waals surface area contributed by atoms with Crippen molar-refractivity contribution in [1.82, 2.24) is 4.31 Å². The van der Waals surface area contributed by atoms with Crippen LogP contribution < -0.4 is 4.74 Å². The van der Waals surface area contributed by atoms with Gasteiger partial charge in [-0.05, 0) is 47.5 Å². The van der Waals surface area contributed by atoms with Crippen molar-refractivity contribution < 1.29 is 21.6 Å². The van der Waals surface area contributed by atoms with Crippen molar-refractivity contribution in [2.24, 2.45) is 0 Å². The van der Waals surface area contributed by atoms with Gasteiger partial charge in [0.15, 0.2) is 9.84 Å². The lowest BCUT2D eigenvalue weighted by molar-refractivity contribution is 0.306. The van der Waals surface area contributed by atoms with Crippen LogP contribution in [0.5, 0.6) is 5.75 Å². The van der Waals surface area contributed by atoms with Crippen LogP contribution in [0.3, 0.4) is 0 Å². The molecule has 0 saturated carbocycles. The number of hydrogen-bond donors (Lipinski definition) is 0. The van der Waals surface area contributed by atoms with Gasteiger partial charge in [-0.1, -0.05) is 49.4 Å². The summed E-state index contributed by atoms with van der Waals surface area (Å²) in [4.78, 5) is 0.144. The molecule has 0 heterocycles. The molecule has 0 aliphatic carbocycles. The van der Waals surface area contributed by atoms with Crippen molar-refractivity contribution in [1.29, 1.82) is 0 Å². The quantitative estimate of drug-likeness (QED) is 0.485. The van der Waals surface area contributed by atoms with E-state index >= 15 is 0 Å². The maximum atomic E-state index is 13.0. The first-order chi connectivity index (χ1) is 14.7. The lowest BCUT2D eigenvalue weighted by Crippen LogP contribution is -2.30. The summed E-state index contributed by atoms with van der Waals surface area (Å²) < 4.78 is 56.4. The Morgan fingerprint density at radius 1 is 0.742 bits per heavy atom. The number of ether oxygens (including phenoxy) is 1. The Morgan fingerprint density at radius 3 is 1.87 bits per heavy atom. The van der Waals surface area contributed by atoms with Crippen molar-refractivity contribution in [2.45, 2.75) is 29.9 Å². The third-order valence-electron chi connectivity index (χ3n) is 4.77. The second-order valence-electron chi connectivity index (χ2n) is 7.09. The molecule has 0 aromatic heterocycles. The van der Waals surface area contributed by atoms with Gasteiger partial charge >= 0.3 is 0 Å². The van der Waals surface area contributed by atoms with E-state index in [4.69, 9.17) is 4.74 Å². The molecule has 0 amide bonds. The van der Waals surface area contributed by atoms with Gasteiger partial charge < -0.3 is 4.74 Å². The van der Waals surface area contributed by atoms with Crippen LogP contribution in [0.25, 0.3) is 0 Å². The van der Waals surface area contributed by atoms with E-state index < -0.39 is 19.9 Å². The van der Waals surface area contributed by atoms with Gasteiger partial charge in [-0.2, -0.15) is 4.31 Å². The third kappa shape index (κ3) is 5.94. The molecular formula is C23H25NO5S2. The Labute approximate surface area is 184 Å². The normalized spacial score (nSPS) is 12.1. The van der Waals surface area contributed by atoms with Crippen LogP contribution in [0.4, 0.5) is 0 Å². The minimum absolute atomic E-state index is 0.0598. The van der Waals surface area contributed by atoms with Gasteiger partial charge in [-0.3, -0.25) is 0 Å². The molecule has 6 nitrogen and oxygen atoms in total. The number of benzene rings is 3. The largest absolute Gasteiger partial charge is 0.489 e. The molecule has 8 heteroatoms. The van der Waals surface area contributed by atoms with Crippen LogP contribution in [0.15, 0.2) is 88.7 Å². The Morgan fingerprint density at radius 2 is 1.32 bits per heavy atom. The molecule has 0 radical (unpaired) electrons. The highest BCUT2D eigenvalue weighted by molar-refractivity contribution is 7.90. The monoisotopic (exact) mass is 459 g/mol. The Hall–Kier alpha value is -2.68. The molecule has 3 aromatic rings. The first-order valence-corrected chi connectivity index (χ1v) is 13.1. The molecule has 31 heavy (non-hydrogen) atoms. The molecule has 3 aromatic carbocycles. The third-order valence-corrected chi connectivity index (χ3v) is 7.84. The van der Waals surface area contributed by atoms with Crippen LogP contribution in [-0.4, -0.2) is 33.9 Å². The molecule has 0 saturated heterocycles. The molecule has 0 bridgehead atoms. The number of sulfonamides is 1. The van der Waals surface area contributed by atoms with Crippen LogP contribution in [0, 0.1) is 0 Å². The van der Waals surface area contributed by atoms with Gasteiger partial charge in [0.05, 0.1) is 9.79 Å². The molecule has 0 atom stereocenters. The van der Waals surface area contributed by atoms with Crippen molar-refractivity contribution >= 4 is 19.9 Å². The number of sulfone groups is 1. The minimum atomic E-state index is -3.76. The number of rotatable bonds is 9. The van der Waals surface area contributed by atoms with Gasteiger partial charge in [0.1, 0.15) is 12.4 Å². The topological polar surface area (TPSA) is 80.8 Å². The zero-order chi connectivity index (χ0) is 22.5. The van der Waals surface area contributed by atoms with Crippen LogP contribution >= 0.6 is 0 Å². The van der Waals surface area contributed by atoms with Crippen molar-refractivity contribution in [3.05, 3.63) is 90.0 Å². The summed E-state index contributed by atoms with van der Waals surface area (Å²) in [7, 11) is -7.15. The van der Waals surface area contributed by atoms with E-state index in [0.717, 1.165) is 17.4 Å². The van der Waals surface area contributed by atoms with E-state index in [-0.39, 0.29) is 22.9 Å². The lowest BCUT2D eigenvalue weighted by atomic mass is 10.2. The summed E-state index contributed by atoms with van der Waals surface area (Å²) in [5, 5.41) is 0. The van der Waals surface area contributed by atoms with Crippen molar-refractivity contribution in [2.75, 3.05) is 12.8 Å². The summed E-state index contributed by atoms with van der Waals surface area (Å²) in [6, 6.07) is 22.4. The summed E-state index contributed by atoms with van der Waals surface area (Å²) in [5.74, 6) is 0.704. The van der Waals surface area contributed by atoms with Gasteiger partial charge in [0.2, 0.25) is 10.0 Å². The first-order valence-electron chi connectivity index (χ1n) is 9.76. The van der Waals surface area contributed by atoms with Gasteiger partial charge in [0.25, 0.3) is 0 Å². The maximum absolute atomic E-state index is 13.0.